The molecule has 0 aliphatic rings. The molecule has 0 aliphatic heterocycles. The number of fused-ring (bicyclic) bond motifs is 4. The van der Waals surface area contributed by atoms with E-state index in [1.807, 2.05) is 224 Å². The van der Waals surface area contributed by atoms with Crippen LogP contribution in [0.15, 0.2) is 461 Å². The van der Waals surface area contributed by atoms with Gasteiger partial charge in [-0.05, 0) is 84.9 Å². The van der Waals surface area contributed by atoms with E-state index in [-0.39, 0.29) is 0 Å². The summed E-state index contributed by atoms with van der Waals surface area (Å²) in [5, 5.41) is 4.04. The summed E-state index contributed by atoms with van der Waals surface area (Å²) in [5.74, 6) is 2.81. The third kappa shape index (κ3) is 18.6. The maximum Gasteiger partial charge on any atom is 0.162 e. The van der Waals surface area contributed by atoms with Crippen LogP contribution in [0.4, 0.5) is 0 Å². The van der Waals surface area contributed by atoms with Gasteiger partial charge in [0.25, 0.3) is 0 Å². The van der Waals surface area contributed by atoms with E-state index in [1.54, 1.807) is 45.3 Å². The molecule has 0 fully saturated rings. The minimum atomic E-state index is 0.686. The molecule has 0 saturated carbocycles. The highest BCUT2D eigenvalue weighted by Crippen LogP contribution is 2.42. The average Bonchev–Trinajstić information content (AvgIpc) is 1.37. The van der Waals surface area contributed by atoms with Crippen molar-refractivity contribution in [3.63, 3.8) is 0 Å². The molecule has 16 heteroatoms. The van der Waals surface area contributed by atoms with Crippen molar-refractivity contribution in [2.24, 2.45) is 0 Å². The van der Waals surface area contributed by atoms with Gasteiger partial charge in [-0.15, -0.1) is 45.3 Å². The van der Waals surface area contributed by atoms with E-state index in [9.17, 15) is 0 Å². The number of benzene rings is 16. The lowest BCUT2D eigenvalue weighted by atomic mass is 10.1. The van der Waals surface area contributed by atoms with Crippen molar-refractivity contribution >= 4 is 86.2 Å². The van der Waals surface area contributed by atoms with Gasteiger partial charge in [-0.25, -0.2) is 59.8 Å². The highest BCUT2D eigenvalue weighted by Gasteiger charge is 2.22. The number of nitrogens with zero attached hydrogens (tertiary/aromatic N) is 12. The van der Waals surface area contributed by atoms with Gasteiger partial charge in [0.2, 0.25) is 0 Å². The van der Waals surface area contributed by atoms with Crippen LogP contribution in [0.25, 0.3) is 219 Å². The zero-order valence-corrected chi connectivity index (χ0v) is 74.1. The summed E-state index contributed by atoms with van der Waals surface area (Å²) in [4.78, 5) is 59.3. The first kappa shape index (κ1) is 82.4. The van der Waals surface area contributed by atoms with Crippen molar-refractivity contribution in [2.45, 2.75) is 0 Å². The maximum absolute atomic E-state index is 5.00. The quantitative estimate of drug-likeness (QED) is 0.0904. The molecule has 0 bridgehead atoms. The van der Waals surface area contributed by atoms with E-state index in [4.69, 9.17) is 59.8 Å². The normalized spacial score (nSPS) is 11.0. The number of hydrogen-bond donors (Lipinski definition) is 0. The highest BCUT2D eigenvalue weighted by molar-refractivity contribution is 7.23. The van der Waals surface area contributed by atoms with Gasteiger partial charge >= 0.3 is 0 Å². The minimum Gasteiger partial charge on any atom is -0.236 e. The summed E-state index contributed by atoms with van der Waals surface area (Å²) >= 11 is 6.77. The fraction of sp³-hybridized carbons (Fsp3) is 0. The lowest BCUT2D eigenvalue weighted by molar-refractivity contribution is 1.18. The third-order valence-electron chi connectivity index (χ3n) is 22.2. The van der Waals surface area contributed by atoms with Gasteiger partial charge < -0.3 is 0 Å². The smallest absolute Gasteiger partial charge is 0.162 e. The summed E-state index contributed by atoms with van der Waals surface area (Å²) in [5.41, 5.74) is 28.0. The number of para-hydroxylation sites is 1. The van der Waals surface area contributed by atoms with Gasteiger partial charge in [0.1, 0.15) is 20.0 Å². The first-order valence-electron chi connectivity index (χ1n) is 43.2. The molecular formula is C116H76N12S4. The minimum absolute atomic E-state index is 0.686. The molecule has 624 valence electrons. The number of hydrogen-bond acceptors (Lipinski definition) is 16. The molecule has 132 heavy (non-hydrogen) atoms. The Morgan fingerprint density at radius 2 is 0.402 bits per heavy atom. The summed E-state index contributed by atoms with van der Waals surface area (Å²) < 4.78 is 4.50. The van der Waals surface area contributed by atoms with Crippen molar-refractivity contribution in [3.8, 4) is 178 Å². The molecule has 0 unspecified atom stereocenters. The van der Waals surface area contributed by atoms with Crippen LogP contribution >= 0.6 is 45.3 Å². The Morgan fingerprint density at radius 1 is 0.136 bits per heavy atom. The molecule has 0 saturated heterocycles. The van der Waals surface area contributed by atoms with Gasteiger partial charge in [0.05, 0.1) is 86.4 Å². The predicted molar refractivity (Wildman–Crippen MR) is 548 cm³/mol. The Hall–Kier alpha value is -16.6. The summed E-state index contributed by atoms with van der Waals surface area (Å²) in [6.07, 6.45) is 0. The van der Waals surface area contributed by atoms with Crippen molar-refractivity contribution in [3.05, 3.63) is 461 Å². The molecule has 16 aromatic carbocycles. The Morgan fingerprint density at radius 3 is 0.765 bits per heavy atom. The third-order valence-corrected chi connectivity index (χ3v) is 26.5. The molecule has 0 N–H and O–H groups in total. The molecule has 0 amide bonds. The molecular weight excluding hydrogens is 1690 g/mol. The molecule has 0 spiro atoms. The number of thiazole rings is 4. The Kier molecular flexibility index (Phi) is 24.0. The predicted octanol–water partition coefficient (Wildman–Crippen LogP) is 31.0. The number of aromatic nitrogens is 12. The standard InChI is InChI=1S/4C29H19N3S/c1-4-11-20(12-5-1)24-19-25(21-13-6-2-7-14-21)31-28(30-24)23-17-10-18-26-27(23)32-29(33-26)22-15-8-3-9-16-22;1-4-11-20(12-5-1)25-19-26(21-13-6-2-7-14-21)31-28(30-25)23-17-10-18-24-27(23)33-29(32-24)22-15-8-3-9-16-22;1-4-10-20(11-5-1)24-19-25(21-12-6-2-7-13-21)31-28(30-24)23-16-17-27-26(18-23)32-29(33-27)22-14-8-3-9-15-22;1-4-10-20(11-5-1)25-19-26(21-12-6-2-7-13-21)31-28(30-25)23-16-17-24-27(18-23)33-29(32-24)22-14-8-3-9-15-22/h4*1-19H. The van der Waals surface area contributed by atoms with Crippen molar-refractivity contribution in [2.75, 3.05) is 0 Å². The molecule has 0 atom stereocenters. The number of rotatable bonds is 16. The average molecular weight is 1770 g/mol. The lowest BCUT2D eigenvalue weighted by Gasteiger charge is -2.09. The monoisotopic (exact) mass is 1760 g/mol. The maximum atomic E-state index is 5.00. The zero-order chi connectivity index (χ0) is 88.1. The summed E-state index contributed by atoms with van der Waals surface area (Å²) in [6.45, 7) is 0. The SMILES string of the molecule is c1ccc(-c2cc(-c3ccccc3)nc(-c3ccc4nc(-c5ccccc5)sc4c3)n2)cc1.c1ccc(-c2cc(-c3ccccc3)nc(-c3ccc4sc(-c5ccccc5)nc4c3)n2)cc1.c1ccc(-c2cc(-c3ccccc3)nc(-c3cccc4nc(-c5ccccc5)sc34)n2)cc1.c1ccc(-c2cc(-c3ccccc3)nc(-c3cccc4sc(-c5ccccc5)nc34)n2)cc1. The summed E-state index contributed by atoms with van der Waals surface area (Å²) in [7, 11) is 0. The molecule has 12 nitrogen and oxygen atoms in total. The molecule has 24 rings (SSSR count). The van der Waals surface area contributed by atoms with Crippen LogP contribution < -0.4 is 0 Å². The van der Waals surface area contributed by atoms with Crippen molar-refractivity contribution in [1.29, 1.82) is 0 Å². The topological polar surface area (TPSA) is 155 Å². The van der Waals surface area contributed by atoms with Crippen LogP contribution in [0.1, 0.15) is 0 Å². The van der Waals surface area contributed by atoms with E-state index >= 15 is 0 Å². The van der Waals surface area contributed by atoms with Crippen LogP contribution in [0.3, 0.4) is 0 Å². The molecule has 0 radical (unpaired) electrons. The van der Waals surface area contributed by atoms with Crippen molar-refractivity contribution < 1.29 is 0 Å². The molecule has 24 aromatic rings. The van der Waals surface area contributed by atoms with Gasteiger partial charge in [-0.3, -0.25) is 0 Å². The second-order valence-electron chi connectivity index (χ2n) is 31.0. The van der Waals surface area contributed by atoms with Gasteiger partial charge in [0.15, 0.2) is 23.3 Å². The van der Waals surface area contributed by atoms with E-state index in [1.165, 1.54) is 0 Å². The lowest BCUT2D eigenvalue weighted by Crippen LogP contribution is -1.96. The second kappa shape index (κ2) is 38.5. The van der Waals surface area contributed by atoms with Crippen LogP contribution in [-0.4, -0.2) is 59.8 Å². The second-order valence-corrected chi connectivity index (χ2v) is 35.1. The summed E-state index contributed by atoms with van der Waals surface area (Å²) in [6, 6.07) is 156. The largest absolute Gasteiger partial charge is 0.236 e. The molecule has 8 heterocycles. The zero-order valence-electron chi connectivity index (χ0n) is 70.9. The van der Waals surface area contributed by atoms with Crippen LogP contribution in [0.5, 0.6) is 0 Å². The van der Waals surface area contributed by atoms with Gasteiger partial charge in [-0.2, -0.15) is 0 Å². The van der Waals surface area contributed by atoms with Gasteiger partial charge in [0, 0.05) is 89.0 Å². The molecule has 8 aromatic heterocycles. The highest BCUT2D eigenvalue weighted by atomic mass is 32.1. The van der Waals surface area contributed by atoms with E-state index in [2.05, 4.69) is 237 Å². The van der Waals surface area contributed by atoms with Crippen LogP contribution in [0, 0.1) is 0 Å². The van der Waals surface area contributed by atoms with E-state index in [0.29, 0.717) is 23.3 Å². The fourth-order valence-electron chi connectivity index (χ4n) is 15.5. The Balaban J connectivity index is 0.000000106. The first-order chi connectivity index (χ1) is 65.4. The van der Waals surface area contributed by atoms with Gasteiger partial charge in [-0.1, -0.05) is 376 Å². The first-order valence-corrected chi connectivity index (χ1v) is 46.5. The van der Waals surface area contributed by atoms with Crippen molar-refractivity contribution in [1.82, 2.24) is 59.8 Å². The molecule has 0 aliphatic carbocycles. The Bertz CT molecular complexity index is 7380. The fourth-order valence-corrected chi connectivity index (χ4v) is 19.6. The Labute approximate surface area is 778 Å². The van der Waals surface area contributed by atoms with E-state index < -0.39 is 0 Å². The van der Waals surface area contributed by atoms with Crippen LogP contribution in [-0.2, 0) is 0 Å². The van der Waals surface area contributed by atoms with Crippen LogP contribution in [0.2, 0.25) is 0 Å². The van der Waals surface area contributed by atoms with E-state index in [0.717, 1.165) is 195 Å².